The third-order valence-electron chi connectivity index (χ3n) is 4.81. The molecule has 0 saturated heterocycles. The fraction of sp³-hybridized carbons (Fsp3) is 0.286. The largest absolute Gasteiger partial charge is 0.433 e. The topological polar surface area (TPSA) is 61.0 Å². The lowest BCUT2D eigenvalue weighted by Gasteiger charge is -2.30. The average molecular weight is 377 g/mol. The molecule has 0 bridgehead atoms. The van der Waals surface area contributed by atoms with E-state index < -0.39 is 0 Å². The SMILES string of the molecule is CC1(C)Cc2nc3oc4c(SCc5ccccc5)ncnc4c3cc2CO1. The van der Waals surface area contributed by atoms with Crippen LogP contribution in [0.2, 0.25) is 0 Å². The van der Waals surface area contributed by atoms with Gasteiger partial charge in [-0.3, -0.25) is 0 Å². The van der Waals surface area contributed by atoms with Gasteiger partial charge in [0.15, 0.2) is 5.58 Å². The molecular formula is C21H19N3O2S. The van der Waals surface area contributed by atoms with Crippen molar-refractivity contribution in [3.8, 4) is 0 Å². The molecule has 5 nitrogen and oxygen atoms in total. The average Bonchev–Trinajstić information content (AvgIpc) is 3.03. The number of pyridine rings is 1. The first-order valence-electron chi connectivity index (χ1n) is 8.96. The Hall–Kier alpha value is -2.44. The summed E-state index contributed by atoms with van der Waals surface area (Å²) < 4.78 is 12.0. The highest BCUT2D eigenvalue weighted by Gasteiger charge is 2.28. The predicted octanol–water partition coefficient (Wildman–Crippen LogP) is 4.91. The molecule has 6 heteroatoms. The molecule has 0 amide bonds. The first-order chi connectivity index (χ1) is 13.1. The lowest BCUT2D eigenvalue weighted by molar-refractivity contribution is -0.0411. The van der Waals surface area contributed by atoms with Crippen molar-refractivity contribution in [2.24, 2.45) is 0 Å². The molecule has 136 valence electrons. The second-order valence-electron chi connectivity index (χ2n) is 7.40. The Morgan fingerprint density at radius 1 is 1.15 bits per heavy atom. The minimum atomic E-state index is -0.198. The van der Waals surface area contributed by atoms with Crippen LogP contribution in [0.25, 0.3) is 22.2 Å². The summed E-state index contributed by atoms with van der Waals surface area (Å²) in [7, 11) is 0. The maximum atomic E-state index is 6.11. The molecule has 0 spiro atoms. The third kappa shape index (κ3) is 3.09. The van der Waals surface area contributed by atoms with E-state index in [1.807, 2.05) is 18.2 Å². The molecule has 0 radical (unpaired) electrons. The predicted molar refractivity (Wildman–Crippen MR) is 106 cm³/mol. The van der Waals surface area contributed by atoms with Crippen molar-refractivity contribution in [1.82, 2.24) is 15.0 Å². The van der Waals surface area contributed by atoms with Gasteiger partial charge in [0, 0.05) is 17.7 Å². The Labute approximate surface area is 161 Å². The summed E-state index contributed by atoms with van der Waals surface area (Å²) in [6.07, 6.45) is 2.38. The smallest absolute Gasteiger partial charge is 0.229 e. The number of hydrogen-bond acceptors (Lipinski definition) is 6. The molecule has 1 aliphatic heterocycles. The number of thioether (sulfide) groups is 1. The Bertz CT molecular complexity index is 1140. The Morgan fingerprint density at radius 2 is 2.00 bits per heavy atom. The molecule has 0 saturated carbocycles. The molecule has 0 atom stereocenters. The lowest BCUT2D eigenvalue weighted by Crippen LogP contribution is -2.32. The zero-order chi connectivity index (χ0) is 18.4. The Kier molecular flexibility index (Phi) is 3.91. The molecule has 0 N–H and O–H groups in total. The highest BCUT2D eigenvalue weighted by atomic mass is 32.2. The van der Waals surface area contributed by atoms with E-state index in [-0.39, 0.29) is 5.60 Å². The number of hydrogen-bond donors (Lipinski definition) is 0. The molecule has 5 rings (SSSR count). The number of benzene rings is 1. The summed E-state index contributed by atoms with van der Waals surface area (Å²) in [6.45, 7) is 4.74. The number of fused-ring (bicyclic) bond motifs is 4. The normalized spacial score (nSPS) is 15.9. The second-order valence-corrected chi connectivity index (χ2v) is 8.37. The highest BCUT2D eigenvalue weighted by molar-refractivity contribution is 7.98. The maximum absolute atomic E-state index is 6.11. The van der Waals surface area contributed by atoms with Gasteiger partial charge in [-0.1, -0.05) is 42.1 Å². The van der Waals surface area contributed by atoms with E-state index >= 15 is 0 Å². The first-order valence-corrected chi connectivity index (χ1v) is 9.94. The molecule has 4 aromatic rings. The van der Waals surface area contributed by atoms with Gasteiger partial charge >= 0.3 is 0 Å². The fourth-order valence-electron chi connectivity index (χ4n) is 3.39. The van der Waals surface area contributed by atoms with Crippen molar-refractivity contribution >= 4 is 34.0 Å². The molecule has 1 aromatic carbocycles. The third-order valence-corrected chi connectivity index (χ3v) is 5.85. The Balaban J connectivity index is 1.56. The molecule has 1 aliphatic rings. The molecule has 0 unspecified atom stereocenters. The molecule has 3 aromatic heterocycles. The summed E-state index contributed by atoms with van der Waals surface area (Å²) in [4.78, 5) is 13.7. The number of furan rings is 1. The summed E-state index contributed by atoms with van der Waals surface area (Å²) in [5, 5.41) is 1.77. The van der Waals surface area contributed by atoms with Gasteiger partial charge in [0.25, 0.3) is 0 Å². The van der Waals surface area contributed by atoms with E-state index in [2.05, 4.69) is 42.0 Å². The molecule has 0 fully saturated rings. The standard InChI is InChI=1S/C21H19N3O2S/c1-21(2)9-16-14(10-25-21)8-15-17-18(26-19(15)24-16)20(23-12-22-17)27-11-13-6-4-3-5-7-13/h3-8,12H,9-11H2,1-2H3. The zero-order valence-corrected chi connectivity index (χ0v) is 16.0. The molecule has 0 aliphatic carbocycles. The minimum Gasteiger partial charge on any atom is -0.433 e. The van der Waals surface area contributed by atoms with Crippen LogP contribution in [0.4, 0.5) is 0 Å². The molecular weight excluding hydrogens is 358 g/mol. The summed E-state index contributed by atoms with van der Waals surface area (Å²) >= 11 is 1.65. The van der Waals surface area contributed by atoms with Crippen LogP contribution >= 0.6 is 11.8 Å². The van der Waals surface area contributed by atoms with Crippen molar-refractivity contribution in [2.45, 2.75) is 43.3 Å². The van der Waals surface area contributed by atoms with Crippen LogP contribution in [0.1, 0.15) is 30.7 Å². The summed E-state index contributed by atoms with van der Waals surface area (Å²) in [6, 6.07) is 12.4. The second kappa shape index (κ2) is 6.32. The van der Waals surface area contributed by atoms with Crippen LogP contribution in [-0.4, -0.2) is 20.6 Å². The van der Waals surface area contributed by atoms with Gasteiger partial charge < -0.3 is 9.15 Å². The molecule has 27 heavy (non-hydrogen) atoms. The van der Waals surface area contributed by atoms with Crippen LogP contribution in [0.3, 0.4) is 0 Å². The fourth-order valence-corrected chi connectivity index (χ4v) is 4.28. The highest BCUT2D eigenvalue weighted by Crippen LogP contribution is 2.36. The van der Waals surface area contributed by atoms with Gasteiger partial charge in [-0.05, 0) is 25.5 Å². The number of ether oxygens (including phenoxy) is 1. The van der Waals surface area contributed by atoms with Gasteiger partial charge in [0.1, 0.15) is 16.9 Å². The quantitative estimate of drug-likeness (QED) is 0.373. The van der Waals surface area contributed by atoms with Gasteiger partial charge in [0.2, 0.25) is 5.71 Å². The molecule has 4 heterocycles. The number of nitrogens with zero attached hydrogens (tertiary/aromatic N) is 3. The maximum Gasteiger partial charge on any atom is 0.229 e. The van der Waals surface area contributed by atoms with Crippen molar-refractivity contribution in [1.29, 1.82) is 0 Å². The van der Waals surface area contributed by atoms with E-state index in [0.29, 0.717) is 17.9 Å². The zero-order valence-electron chi connectivity index (χ0n) is 15.2. The Morgan fingerprint density at radius 3 is 2.85 bits per heavy atom. The van der Waals surface area contributed by atoms with Crippen LogP contribution in [0.5, 0.6) is 0 Å². The van der Waals surface area contributed by atoms with Gasteiger partial charge in [-0.15, -0.1) is 0 Å². The van der Waals surface area contributed by atoms with E-state index in [1.165, 1.54) is 5.56 Å². The summed E-state index contributed by atoms with van der Waals surface area (Å²) in [5.41, 5.74) is 5.36. The van der Waals surface area contributed by atoms with Crippen LogP contribution in [0.15, 0.2) is 52.2 Å². The number of aromatic nitrogens is 3. The van der Waals surface area contributed by atoms with Crippen molar-refractivity contribution in [3.05, 3.63) is 59.5 Å². The van der Waals surface area contributed by atoms with Crippen molar-refractivity contribution in [3.63, 3.8) is 0 Å². The minimum absolute atomic E-state index is 0.198. The van der Waals surface area contributed by atoms with Crippen LogP contribution in [-0.2, 0) is 23.5 Å². The van der Waals surface area contributed by atoms with Gasteiger partial charge in [0.05, 0.1) is 23.3 Å². The van der Waals surface area contributed by atoms with Crippen molar-refractivity contribution < 1.29 is 9.15 Å². The van der Waals surface area contributed by atoms with E-state index in [4.69, 9.17) is 14.1 Å². The first kappa shape index (κ1) is 16.7. The summed E-state index contributed by atoms with van der Waals surface area (Å²) in [5.74, 6) is 0.829. The van der Waals surface area contributed by atoms with Crippen LogP contribution < -0.4 is 0 Å². The van der Waals surface area contributed by atoms with Gasteiger partial charge in [-0.25, -0.2) is 15.0 Å². The van der Waals surface area contributed by atoms with Gasteiger partial charge in [-0.2, -0.15) is 0 Å². The van der Waals surface area contributed by atoms with Crippen molar-refractivity contribution in [2.75, 3.05) is 0 Å². The monoisotopic (exact) mass is 377 g/mol. The lowest BCUT2D eigenvalue weighted by atomic mass is 9.95. The van der Waals surface area contributed by atoms with E-state index in [1.54, 1.807) is 18.1 Å². The number of rotatable bonds is 3. The van der Waals surface area contributed by atoms with E-state index in [0.717, 1.165) is 39.4 Å². The van der Waals surface area contributed by atoms with E-state index in [9.17, 15) is 0 Å². The van der Waals surface area contributed by atoms with Crippen LogP contribution in [0, 0.1) is 0 Å².